The summed E-state index contributed by atoms with van der Waals surface area (Å²) in [4.78, 5) is 37.4. The van der Waals surface area contributed by atoms with Crippen LogP contribution in [0.1, 0.15) is 32.3 Å². The number of carbonyl (C=O) groups is 3. The van der Waals surface area contributed by atoms with E-state index in [1.807, 2.05) is 44.2 Å². The fourth-order valence-corrected chi connectivity index (χ4v) is 3.49. The SMILES string of the molecule is COC(=O)[C@]1(C)CN(C(=O)NC(CCC(=O)O)Cc2ccccc2)C[C@H]1C. The fraction of sp³-hybridized carbons (Fsp3) is 0.550. The third kappa shape index (κ3) is 5.21. The lowest BCUT2D eigenvalue weighted by Crippen LogP contribution is -2.46. The van der Waals surface area contributed by atoms with Crippen LogP contribution in [0.5, 0.6) is 0 Å². The summed E-state index contributed by atoms with van der Waals surface area (Å²) >= 11 is 0. The van der Waals surface area contributed by atoms with Crippen LogP contribution in [0.25, 0.3) is 0 Å². The average molecular weight is 376 g/mol. The molecule has 2 N–H and O–H groups in total. The average Bonchev–Trinajstić information content (AvgIpc) is 2.96. The third-order valence-electron chi connectivity index (χ3n) is 5.40. The number of rotatable bonds is 7. The highest BCUT2D eigenvalue weighted by Gasteiger charge is 2.48. The number of urea groups is 1. The molecule has 1 aromatic carbocycles. The number of ether oxygens (including phenoxy) is 1. The molecule has 0 aromatic heterocycles. The maximum absolute atomic E-state index is 12.8. The van der Waals surface area contributed by atoms with Crippen LogP contribution in [0, 0.1) is 11.3 Å². The Balaban J connectivity index is 2.04. The number of carboxylic acid groups (broad SMARTS) is 1. The number of hydrogen-bond acceptors (Lipinski definition) is 4. The number of carboxylic acids is 1. The lowest BCUT2D eigenvalue weighted by Gasteiger charge is -2.26. The number of likely N-dealkylation sites (tertiary alicyclic amines) is 1. The van der Waals surface area contributed by atoms with Gasteiger partial charge in [0.2, 0.25) is 0 Å². The van der Waals surface area contributed by atoms with Gasteiger partial charge < -0.3 is 20.1 Å². The molecule has 1 aromatic rings. The van der Waals surface area contributed by atoms with Crippen LogP contribution < -0.4 is 5.32 Å². The number of nitrogens with zero attached hydrogens (tertiary/aromatic N) is 1. The highest BCUT2D eigenvalue weighted by atomic mass is 16.5. The summed E-state index contributed by atoms with van der Waals surface area (Å²) in [5, 5.41) is 11.9. The van der Waals surface area contributed by atoms with Gasteiger partial charge in [0.15, 0.2) is 0 Å². The summed E-state index contributed by atoms with van der Waals surface area (Å²) in [7, 11) is 1.35. The number of nitrogens with one attached hydrogen (secondary N) is 1. The van der Waals surface area contributed by atoms with Crippen molar-refractivity contribution in [3.8, 4) is 0 Å². The Morgan fingerprint density at radius 2 is 2.00 bits per heavy atom. The van der Waals surface area contributed by atoms with Gasteiger partial charge in [0.1, 0.15) is 0 Å². The van der Waals surface area contributed by atoms with Crippen LogP contribution in [-0.2, 0) is 20.7 Å². The third-order valence-corrected chi connectivity index (χ3v) is 5.40. The molecule has 0 radical (unpaired) electrons. The highest BCUT2D eigenvalue weighted by Crippen LogP contribution is 2.36. The molecular formula is C20H28N2O5. The summed E-state index contributed by atoms with van der Waals surface area (Å²) < 4.78 is 4.90. The lowest BCUT2D eigenvalue weighted by atomic mass is 9.81. The Morgan fingerprint density at radius 1 is 1.33 bits per heavy atom. The van der Waals surface area contributed by atoms with Crippen molar-refractivity contribution in [2.45, 2.75) is 39.2 Å². The van der Waals surface area contributed by atoms with E-state index in [1.54, 1.807) is 4.90 Å². The minimum atomic E-state index is -0.893. The summed E-state index contributed by atoms with van der Waals surface area (Å²) in [6.45, 7) is 4.47. The second kappa shape index (κ2) is 8.88. The minimum Gasteiger partial charge on any atom is -0.481 e. The van der Waals surface area contributed by atoms with Gasteiger partial charge in [-0.3, -0.25) is 9.59 Å². The molecule has 1 aliphatic rings. The van der Waals surface area contributed by atoms with Gasteiger partial charge in [0.05, 0.1) is 12.5 Å². The van der Waals surface area contributed by atoms with Crippen LogP contribution in [-0.4, -0.2) is 54.2 Å². The number of carbonyl (C=O) groups excluding carboxylic acids is 2. The standard InChI is InChI=1S/C20H28N2O5/c1-14-12-22(13-20(14,2)18(25)27-3)19(26)21-16(9-10-17(23)24)11-15-7-5-4-6-8-15/h4-8,14,16H,9-13H2,1-3H3,(H,21,26)(H,23,24)/t14-,16?,20-/m1/s1. The Morgan fingerprint density at radius 3 is 2.59 bits per heavy atom. The van der Waals surface area contributed by atoms with E-state index in [2.05, 4.69) is 5.32 Å². The van der Waals surface area contributed by atoms with E-state index in [4.69, 9.17) is 9.84 Å². The van der Waals surface area contributed by atoms with E-state index in [9.17, 15) is 14.4 Å². The first-order chi connectivity index (χ1) is 12.8. The molecule has 0 aliphatic carbocycles. The molecule has 1 saturated heterocycles. The molecular weight excluding hydrogens is 348 g/mol. The van der Waals surface area contributed by atoms with E-state index < -0.39 is 11.4 Å². The number of esters is 1. The van der Waals surface area contributed by atoms with Crippen molar-refractivity contribution in [3.05, 3.63) is 35.9 Å². The normalized spacial score (nSPS) is 22.9. The van der Waals surface area contributed by atoms with Crippen molar-refractivity contribution in [3.63, 3.8) is 0 Å². The maximum atomic E-state index is 12.8. The van der Waals surface area contributed by atoms with Crippen molar-refractivity contribution >= 4 is 18.0 Å². The maximum Gasteiger partial charge on any atom is 0.317 e. The van der Waals surface area contributed by atoms with Gasteiger partial charge in [-0.1, -0.05) is 37.3 Å². The zero-order chi connectivity index (χ0) is 20.0. The minimum absolute atomic E-state index is 0.0198. The van der Waals surface area contributed by atoms with Gasteiger partial charge in [0.25, 0.3) is 0 Å². The van der Waals surface area contributed by atoms with Gasteiger partial charge in [-0.2, -0.15) is 0 Å². The summed E-state index contributed by atoms with van der Waals surface area (Å²) in [5.41, 5.74) is 0.296. The van der Waals surface area contributed by atoms with E-state index in [1.165, 1.54) is 7.11 Å². The number of methoxy groups -OCH3 is 1. The van der Waals surface area contributed by atoms with Crippen LogP contribution in [0.15, 0.2) is 30.3 Å². The molecule has 3 atom stereocenters. The van der Waals surface area contributed by atoms with E-state index in [0.29, 0.717) is 19.4 Å². The predicted molar refractivity (Wildman–Crippen MR) is 100 cm³/mol. The summed E-state index contributed by atoms with van der Waals surface area (Å²) in [6, 6.07) is 9.06. The first-order valence-electron chi connectivity index (χ1n) is 9.16. The van der Waals surface area contributed by atoms with Crippen LogP contribution in [0.4, 0.5) is 4.79 Å². The molecule has 7 heteroatoms. The van der Waals surface area contributed by atoms with Gasteiger partial charge in [-0.25, -0.2) is 4.79 Å². The molecule has 1 fully saturated rings. The zero-order valence-corrected chi connectivity index (χ0v) is 16.1. The molecule has 0 saturated carbocycles. The van der Waals surface area contributed by atoms with E-state index >= 15 is 0 Å². The Hall–Kier alpha value is -2.57. The van der Waals surface area contributed by atoms with Crippen LogP contribution in [0.2, 0.25) is 0 Å². The van der Waals surface area contributed by atoms with Gasteiger partial charge in [-0.15, -0.1) is 0 Å². The van der Waals surface area contributed by atoms with Crippen LogP contribution in [0.3, 0.4) is 0 Å². The van der Waals surface area contributed by atoms with Crippen LogP contribution >= 0.6 is 0 Å². The molecule has 1 heterocycles. The molecule has 2 rings (SSSR count). The molecule has 7 nitrogen and oxygen atoms in total. The smallest absolute Gasteiger partial charge is 0.317 e. The molecule has 2 amide bonds. The number of hydrogen-bond donors (Lipinski definition) is 2. The van der Waals surface area contributed by atoms with E-state index in [0.717, 1.165) is 5.56 Å². The van der Waals surface area contributed by atoms with Crippen molar-refractivity contribution < 1.29 is 24.2 Å². The second-order valence-corrected chi connectivity index (χ2v) is 7.46. The Labute approximate surface area is 159 Å². The summed E-state index contributed by atoms with van der Waals surface area (Å²) in [6.07, 6.45) is 0.874. The highest BCUT2D eigenvalue weighted by molar-refractivity contribution is 5.81. The van der Waals surface area contributed by atoms with Gasteiger partial charge >= 0.3 is 18.0 Å². The lowest BCUT2D eigenvalue weighted by molar-refractivity contribution is -0.152. The molecule has 0 spiro atoms. The van der Waals surface area contributed by atoms with Crippen molar-refractivity contribution in [1.82, 2.24) is 10.2 Å². The Kier molecular flexibility index (Phi) is 6.82. The molecule has 1 aliphatic heterocycles. The fourth-order valence-electron chi connectivity index (χ4n) is 3.49. The quantitative estimate of drug-likeness (QED) is 0.712. The van der Waals surface area contributed by atoms with E-state index in [-0.39, 0.29) is 36.9 Å². The summed E-state index contributed by atoms with van der Waals surface area (Å²) in [5.74, 6) is -1.24. The van der Waals surface area contributed by atoms with Crippen molar-refractivity contribution in [2.75, 3.05) is 20.2 Å². The molecule has 27 heavy (non-hydrogen) atoms. The first-order valence-corrected chi connectivity index (χ1v) is 9.16. The molecule has 148 valence electrons. The zero-order valence-electron chi connectivity index (χ0n) is 16.1. The monoisotopic (exact) mass is 376 g/mol. The second-order valence-electron chi connectivity index (χ2n) is 7.46. The van der Waals surface area contributed by atoms with Crippen molar-refractivity contribution in [1.29, 1.82) is 0 Å². The van der Waals surface area contributed by atoms with Crippen molar-refractivity contribution in [2.24, 2.45) is 11.3 Å². The predicted octanol–water partition coefficient (Wildman–Crippen LogP) is 2.30. The topological polar surface area (TPSA) is 95.9 Å². The Bertz CT molecular complexity index is 678. The largest absolute Gasteiger partial charge is 0.481 e. The first kappa shape index (κ1) is 20.7. The molecule has 1 unspecified atom stereocenters. The van der Waals surface area contributed by atoms with Gasteiger partial charge in [-0.05, 0) is 31.2 Å². The molecule has 0 bridgehead atoms. The number of amides is 2. The number of benzene rings is 1. The van der Waals surface area contributed by atoms with Gasteiger partial charge in [0, 0.05) is 25.6 Å². The number of aliphatic carboxylic acids is 1.